The summed E-state index contributed by atoms with van der Waals surface area (Å²) in [7, 11) is 0. The van der Waals surface area contributed by atoms with Crippen molar-refractivity contribution < 1.29 is 18.0 Å². The first-order valence-corrected chi connectivity index (χ1v) is 9.55. The number of hydrogen-bond acceptors (Lipinski definition) is 4. The third-order valence-corrected chi connectivity index (χ3v) is 5.81. The van der Waals surface area contributed by atoms with Crippen molar-refractivity contribution in [3.8, 4) is 0 Å². The van der Waals surface area contributed by atoms with Crippen molar-refractivity contribution in [3.63, 3.8) is 0 Å². The van der Waals surface area contributed by atoms with E-state index in [1.807, 2.05) is 6.26 Å². The number of thioether (sulfide) groups is 1. The van der Waals surface area contributed by atoms with E-state index in [-0.39, 0.29) is 10.3 Å². The van der Waals surface area contributed by atoms with Crippen molar-refractivity contribution in [2.75, 3.05) is 19.3 Å². The molecular weight excluding hydrogens is 347 g/mol. The fourth-order valence-corrected chi connectivity index (χ4v) is 4.08. The van der Waals surface area contributed by atoms with Gasteiger partial charge in [0, 0.05) is 29.4 Å². The van der Waals surface area contributed by atoms with Crippen LogP contribution in [0.15, 0.2) is 5.38 Å². The minimum atomic E-state index is -4.56. The lowest BCUT2D eigenvalue weighted by molar-refractivity contribution is -0.155. The summed E-state index contributed by atoms with van der Waals surface area (Å²) in [6.07, 6.45) is 0.189. The molecule has 4 nitrogen and oxygen atoms in total. The zero-order chi connectivity index (χ0) is 17.0. The number of amides is 2. The number of hydrogen-bond donors (Lipinski definition) is 1. The van der Waals surface area contributed by atoms with E-state index in [0.29, 0.717) is 18.8 Å². The minimum Gasteiger partial charge on any atom is -0.324 e. The van der Waals surface area contributed by atoms with Gasteiger partial charge in [0.15, 0.2) is 6.04 Å². The molecule has 2 unspecified atom stereocenters. The van der Waals surface area contributed by atoms with Gasteiger partial charge in [0.1, 0.15) is 5.01 Å². The molecule has 0 saturated carbocycles. The Bertz CT molecular complexity index is 536. The van der Waals surface area contributed by atoms with Crippen molar-refractivity contribution in [1.29, 1.82) is 0 Å². The summed E-state index contributed by atoms with van der Waals surface area (Å²) in [5.41, 5.74) is 0.519. The number of nitrogens with zero attached hydrogens (tertiary/aromatic N) is 2. The fourth-order valence-electron chi connectivity index (χ4n) is 2.48. The highest BCUT2D eigenvalue weighted by molar-refractivity contribution is 7.99. The molecule has 0 aliphatic carbocycles. The fraction of sp³-hybridized carbons (Fsp3) is 0.714. The highest BCUT2D eigenvalue weighted by atomic mass is 32.2. The van der Waals surface area contributed by atoms with Crippen LogP contribution in [0.5, 0.6) is 0 Å². The summed E-state index contributed by atoms with van der Waals surface area (Å²) in [6, 6.07) is -2.72. The molecule has 1 fully saturated rings. The van der Waals surface area contributed by atoms with E-state index in [1.165, 1.54) is 4.90 Å². The number of likely N-dealkylation sites (tertiary alicyclic amines) is 1. The van der Waals surface area contributed by atoms with Gasteiger partial charge >= 0.3 is 12.2 Å². The Kier molecular flexibility index (Phi) is 6.19. The molecular formula is C14H20F3N3OS2. The van der Waals surface area contributed by atoms with Gasteiger partial charge in [0.25, 0.3) is 0 Å². The molecule has 2 amide bonds. The molecule has 1 aliphatic heterocycles. The monoisotopic (exact) mass is 367 g/mol. The molecule has 2 heterocycles. The third-order valence-electron chi connectivity index (χ3n) is 3.73. The van der Waals surface area contributed by atoms with Crippen LogP contribution in [0.4, 0.5) is 18.0 Å². The summed E-state index contributed by atoms with van der Waals surface area (Å²) in [6.45, 7) is 2.60. The molecule has 0 radical (unpaired) electrons. The lowest BCUT2D eigenvalue weighted by Gasteiger charge is -2.27. The number of rotatable bonds is 3. The second-order valence-corrected chi connectivity index (χ2v) is 7.58. The number of aryl methyl sites for hydroxylation is 1. The molecule has 9 heteroatoms. The van der Waals surface area contributed by atoms with Crippen LogP contribution < -0.4 is 5.32 Å². The Hall–Kier alpha value is -0.960. The first kappa shape index (κ1) is 18.4. The van der Waals surface area contributed by atoms with E-state index in [2.05, 4.69) is 10.3 Å². The van der Waals surface area contributed by atoms with Crippen LogP contribution in [-0.4, -0.2) is 46.7 Å². The molecule has 1 aromatic heterocycles. The van der Waals surface area contributed by atoms with E-state index < -0.39 is 18.2 Å². The zero-order valence-corrected chi connectivity index (χ0v) is 14.7. The lowest BCUT2D eigenvalue weighted by Crippen LogP contribution is -2.47. The largest absolute Gasteiger partial charge is 0.415 e. The number of nitrogens with one attached hydrogen (secondary N) is 1. The standard InChI is InChI=1S/C14H20F3N3OS2/c1-9-8-23-12(18-9)11(14(15,16)17)19-13(21)20-6-4-3-5-10(7-20)22-2/h8,10-11H,3-7H2,1-2H3,(H,19,21). The Morgan fingerprint density at radius 3 is 2.83 bits per heavy atom. The third kappa shape index (κ3) is 5.00. The van der Waals surface area contributed by atoms with Gasteiger partial charge in [-0.3, -0.25) is 0 Å². The summed E-state index contributed by atoms with van der Waals surface area (Å²) in [5, 5.41) is 3.83. The lowest BCUT2D eigenvalue weighted by atomic mass is 10.2. The number of urea groups is 1. The molecule has 2 atom stereocenters. The molecule has 1 aliphatic rings. The summed E-state index contributed by atoms with van der Waals surface area (Å²) >= 11 is 2.56. The van der Waals surface area contributed by atoms with Crippen LogP contribution in [0.2, 0.25) is 0 Å². The van der Waals surface area contributed by atoms with E-state index in [1.54, 1.807) is 24.1 Å². The van der Waals surface area contributed by atoms with Crippen molar-refractivity contribution in [2.45, 2.75) is 43.7 Å². The smallest absolute Gasteiger partial charge is 0.324 e. The van der Waals surface area contributed by atoms with Crippen LogP contribution >= 0.6 is 23.1 Å². The number of alkyl halides is 3. The van der Waals surface area contributed by atoms with Crippen molar-refractivity contribution in [2.24, 2.45) is 0 Å². The second-order valence-electron chi connectivity index (χ2n) is 5.55. The predicted octanol–water partition coefficient (Wildman–Crippen LogP) is 3.98. The molecule has 23 heavy (non-hydrogen) atoms. The molecule has 0 spiro atoms. The van der Waals surface area contributed by atoms with E-state index >= 15 is 0 Å². The Morgan fingerprint density at radius 1 is 1.52 bits per heavy atom. The predicted molar refractivity (Wildman–Crippen MR) is 86.9 cm³/mol. The Balaban J connectivity index is 2.11. The number of aromatic nitrogens is 1. The molecule has 1 aromatic rings. The molecule has 0 bridgehead atoms. The topological polar surface area (TPSA) is 45.2 Å². The van der Waals surface area contributed by atoms with Crippen LogP contribution in [0.1, 0.15) is 36.0 Å². The zero-order valence-electron chi connectivity index (χ0n) is 13.0. The van der Waals surface area contributed by atoms with Gasteiger partial charge in [-0.15, -0.1) is 11.3 Å². The maximum Gasteiger partial charge on any atom is 0.415 e. The number of carbonyl (C=O) groups excluding carboxylic acids is 1. The normalized spacial score (nSPS) is 20.9. The molecule has 130 valence electrons. The second kappa shape index (κ2) is 7.74. The first-order valence-electron chi connectivity index (χ1n) is 7.38. The number of thiazole rings is 1. The average molecular weight is 367 g/mol. The van der Waals surface area contributed by atoms with Gasteiger partial charge in [0.2, 0.25) is 0 Å². The van der Waals surface area contributed by atoms with E-state index in [9.17, 15) is 18.0 Å². The van der Waals surface area contributed by atoms with Crippen LogP contribution in [0, 0.1) is 6.92 Å². The van der Waals surface area contributed by atoms with Gasteiger partial charge in [-0.1, -0.05) is 6.42 Å². The summed E-state index contributed by atoms with van der Waals surface area (Å²) < 4.78 is 39.9. The summed E-state index contributed by atoms with van der Waals surface area (Å²) in [5.74, 6) is 0. The van der Waals surface area contributed by atoms with Crippen LogP contribution in [0.25, 0.3) is 0 Å². The van der Waals surface area contributed by atoms with Gasteiger partial charge in [-0.25, -0.2) is 9.78 Å². The molecule has 0 aromatic carbocycles. The van der Waals surface area contributed by atoms with Crippen molar-refractivity contribution in [1.82, 2.24) is 15.2 Å². The highest BCUT2D eigenvalue weighted by Crippen LogP contribution is 2.34. The Labute approximate surface area is 141 Å². The van der Waals surface area contributed by atoms with Crippen LogP contribution in [0.3, 0.4) is 0 Å². The van der Waals surface area contributed by atoms with Gasteiger partial charge < -0.3 is 10.2 Å². The molecule has 1 N–H and O–H groups in total. The van der Waals surface area contributed by atoms with Crippen molar-refractivity contribution in [3.05, 3.63) is 16.1 Å². The van der Waals surface area contributed by atoms with Gasteiger partial charge in [0.05, 0.1) is 0 Å². The number of halogens is 3. The maximum atomic E-state index is 13.3. The van der Waals surface area contributed by atoms with Crippen LogP contribution in [-0.2, 0) is 0 Å². The average Bonchev–Trinajstić information content (AvgIpc) is 2.75. The highest BCUT2D eigenvalue weighted by Gasteiger charge is 2.44. The number of carbonyl (C=O) groups is 1. The summed E-state index contributed by atoms with van der Waals surface area (Å²) in [4.78, 5) is 17.7. The quantitative estimate of drug-likeness (QED) is 0.879. The maximum absolute atomic E-state index is 13.3. The minimum absolute atomic E-state index is 0.125. The van der Waals surface area contributed by atoms with E-state index in [0.717, 1.165) is 30.6 Å². The van der Waals surface area contributed by atoms with Gasteiger partial charge in [-0.05, 0) is 26.0 Å². The molecule has 2 rings (SSSR count). The van der Waals surface area contributed by atoms with E-state index in [4.69, 9.17) is 0 Å². The molecule has 1 saturated heterocycles. The Morgan fingerprint density at radius 2 is 2.26 bits per heavy atom. The SMILES string of the molecule is CSC1CCCCN(C(=O)NC(c2nc(C)cs2)C(F)(F)F)C1. The first-order chi connectivity index (χ1) is 10.8. The van der Waals surface area contributed by atoms with Gasteiger partial charge in [-0.2, -0.15) is 24.9 Å². The van der Waals surface area contributed by atoms with Crippen molar-refractivity contribution >= 4 is 29.1 Å².